The Balaban J connectivity index is 1.77. The molecule has 0 spiro atoms. The Morgan fingerprint density at radius 2 is 1.76 bits per heavy atom. The maximum Gasteiger partial charge on any atom is 0.270 e. The van der Waals surface area contributed by atoms with Crippen LogP contribution in [0.2, 0.25) is 0 Å². The molecule has 12 heteroatoms. The average molecular weight is 522 g/mol. The molecule has 1 amide bonds. The third-order valence-corrected chi connectivity index (χ3v) is 6.97. The van der Waals surface area contributed by atoms with Crippen molar-refractivity contribution in [3.63, 3.8) is 0 Å². The lowest BCUT2D eigenvalue weighted by Crippen LogP contribution is -2.36. The number of rotatable bonds is 8. The van der Waals surface area contributed by atoms with Gasteiger partial charge in [0.05, 0.1) is 33.3 Å². The van der Waals surface area contributed by atoms with E-state index in [-0.39, 0.29) is 28.6 Å². The number of aliphatic imine (C=N–C) groups is 1. The lowest BCUT2D eigenvalue weighted by molar-refractivity contribution is -0.384. The second kappa shape index (κ2) is 10.2. The van der Waals surface area contributed by atoms with Gasteiger partial charge in [-0.3, -0.25) is 14.9 Å². The second-order valence-electron chi connectivity index (χ2n) is 8.27. The van der Waals surface area contributed by atoms with Crippen molar-refractivity contribution in [2.45, 2.75) is 4.90 Å². The maximum absolute atomic E-state index is 12.6. The number of aromatic hydroxyl groups is 1. The molecule has 3 aromatic carbocycles. The summed E-state index contributed by atoms with van der Waals surface area (Å²) in [6.07, 6.45) is 0. The number of aromatic nitrogens is 1. The first-order valence-electron chi connectivity index (χ1n) is 11.0. The van der Waals surface area contributed by atoms with Crippen molar-refractivity contribution in [2.75, 3.05) is 20.6 Å². The van der Waals surface area contributed by atoms with Crippen molar-refractivity contribution >= 4 is 43.9 Å². The van der Waals surface area contributed by atoms with Crippen LogP contribution >= 0.6 is 0 Å². The average Bonchev–Trinajstić information content (AvgIpc) is 3.21. The van der Waals surface area contributed by atoms with Crippen molar-refractivity contribution in [3.8, 4) is 5.88 Å². The van der Waals surface area contributed by atoms with Crippen molar-refractivity contribution in [1.29, 1.82) is 0 Å². The monoisotopic (exact) mass is 521 g/mol. The minimum Gasteiger partial charge on any atom is -0.494 e. The van der Waals surface area contributed by atoms with Crippen LogP contribution in [0.1, 0.15) is 11.1 Å². The molecule has 3 N–H and O–H groups in total. The van der Waals surface area contributed by atoms with E-state index >= 15 is 0 Å². The minimum atomic E-state index is -3.93. The Kier molecular flexibility index (Phi) is 7.05. The first kappa shape index (κ1) is 25.5. The number of sulfonamides is 1. The molecule has 0 aliphatic heterocycles. The van der Waals surface area contributed by atoms with E-state index in [1.54, 1.807) is 24.3 Å². The van der Waals surface area contributed by atoms with Gasteiger partial charge in [-0.2, -0.15) is 0 Å². The van der Waals surface area contributed by atoms with Gasteiger partial charge in [-0.1, -0.05) is 30.3 Å². The van der Waals surface area contributed by atoms with Crippen molar-refractivity contribution in [3.05, 3.63) is 94.0 Å². The van der Waals surface area contributed by atoms with Crippen molar-refractivity contribution in [2.24, 2.45) is 4.99 Å². The van der Waals surface area contributed by atoms with Crippen LogP contribution in [0.3, 0.4) is 0 Å². The smallest absolute Gasteiger partial charge is 0.270 e. The zero-order chi connectivity index (χ0) is 26.7. The van der Waals surface area contributed by atoms with Crippen LogP contribution in [-0.2, 0) is 14.8 Å². The fourth-order valence-corrected chi connectivity index (χ4v) is 4.58. The van der Waals surface area contributed by atoms with E-state index in [9.17, 15) is 28.4 Å². The summed E-state index contributed by atoms with van der Waals surface area (Å²) in [5.74, 6) is -0.608. The van der Waals surface area contributed by atoms with E-state index in [4.69, 9.17) is 0 Å². The number of nitro groups is 1. The molecule has 1 aromatic heterocycles. The molecule has 37 heavy (non-hydrogen) atoms. The number of aromatic amines is 1. The van der Waals surface area contributed by atoms with Crippen LogP contribution < -0.4 is 4.72 Å². The first-order valence-corrected chi connectivity index (χ1v) is 12.5. The summed E-state index contributed by atoms with van der Waals surface area (Å²) in [5, 5.41) is 22.5. The summed E-state index contributed by atoms with van der Waals surface area (Å²) in [6, 6.07) is 18.8. The standard InChI is InChI=1S/C25H23N5O6S/c1-29(2)22(31)15-26-37(35,36)19-11-8-17(9-12-19)27-24(16-6-4-3-5-7-16)23-20-14-18(30(33)34)10-13-21(20)28-25(23)32/h3-14,26,28,32H,15H2,1-2H3. The molecule has 11 nitrogen and oxygen atoms in total. The first-order chi connectivity index (χ1) is 17.6. The minimum absolute atomic E-state index is 0.0511. The molecule has 0 unspecified atom stereocenters. The molecule has 1 heterocycles. The fourth-order valence-electron chi connectivity index (χ4n) is 3.61. The number of nitrogens with one attached hydrogen (secondary N) is 2. The van der Waals surface area contributed by atoms with Gasteiger partial charge in [0.1, 0.15) is 0 Å². The van der Waals surface area contributed by atoms with Gasteiger partial charge in [-0.25, -0.2) is 18.1 Å². The quantitative estimate of drug-likeness (QED) is 0.183. The van der Waals surface area contributed by atoms with Gasteiger partial charge in [-0.05, 0) is 30.3 Å². The predicted octanol–water partition coefficient (Wildman–Crippen LogP) is 3.32. The zero-order valence-electron chi connectivity index (χ0n) is 19.9. The number of nitro benzene ring substituents is 1. The van der Waals surface area contributed by atoms with Gasteiger partial charge in [-0.15, -0.1) is 0 Å². The number of amides is 1. The number of nitrogens with zero attached hydrogens (tertiary/aromatic N) is 3. The number of carbonyl (C=O) groups is 1. The lowest BCUT2D eigenvalue weighted by atomic mass is 10.0. The fraction of sp³-hybridized carbons (Fsp3) is 0.120. The molecule has 190 valence electrons. The number of non-ortho nitro benzene ring substituents is 1. The summed E-state index contributed by atoms with van der Waals surface area (Å²) in [5.41, 5.74) is 1.95. The summed E-state index contributed by atoms with van der Waals surface area (Å²) < 4.78 is 27.4. The van der Waals surface area contributed by atoms with Gasteiger partial charge in [0.25, 0.3) is 5.69 Å². The lowest BCUT2D eigenvalue weighted by Gasteiger charge is -2.11. The molecule has 4 aromatic rings. The number of likely N-dealkylation sites (N-methyl/N-ethyl adjacent to an activating group) is 1. The van der Waals surface area contributed by atoms with Crippen molar-refractivity contribution in [1.82, 2.24) is 14.6 Å². The second-order valence-corrected chi connectivity index (χ2v) is 10.0. The number of carbonyl (C=O) groups excluding carboxylic acids is 1. The highest BCUT2D eigenvalue weighted by atomic mass is 32.2. The maximum atomic E-state index is 12.6. The SMILES string of the molecule is CN(C)C(=O)CNS(=O)(=O)c1ccc(N=C(c2ccccc2)c2c(O)[nH]c3ccc([N+](=O)[O-])cc23)cc1. The zero-order valence-corrected chi connectivity index (χ0v) is 20.7. The summed E-state index contributed by atoms with van der Waals surface area (Å²) >= 11 is 0. The Hall–Kier alpha value is -4.55. The highest BCUT2D eigenvalue weighted by Crippen LogP contribution is 2.33. The van der Waals surface area contributed by atoms with Crippen LogP contribution in [0.5, 0.6) is 5.88 Å². The van der Waals surface area contributed by atoms with Gasteiger partial charge < -0.3 is 15.0 Å². The van der Waals surface area contributed by atoms with Crippen LogP contribution in [-0.4, -0.2) is 60.6 Å². The Labute approximate surface area is 212 Å². The molecule has 0 aliphatic rings. The molecule has 0 radical (unpaired) electrons. The van der Waals surface area contributed by atoms with Gasteiger partial charge in [0, 0.05) is 42.7 Å². The van der Waals surface area contributed by atoms with Crippen molar-refractivity contribution < 1.29 is 23.2 Å². The van der Waals surface area contributed by atoms with Gasteiger partial charge in [0.15, 0.2) is 5.88 Å². The Morgan fingerprint density at radius 3 is 2.38 bits per heavy atom. The number of fused-ring (bicyclic) bond motifs is 1. The summed E-state index contributed by atoms with van der Waals surface area (Å²) in [6.45, 7) is -0.376. The molecule has 0 fully saturated rings. The molecule has 0 aliphatic carbocycles. The number of benzene rings is 3. The summed E-state index contributed by atoms with van der Waals surface area (Å²) in [7, 11) is -0.882. The molecule has 0 saturated carbocycles. The summed E-state index contributed by atoms with van der Waals surface area (Å²) in [4.78, 5) is 31.3. The molecule has 0 bridgehead atoms. The third-order valence-electron chi connectivity index (χ3n) is 5.56. The van der Waals surface area contributed by atoms with E-state index in [0.29, 0.717) is 27.9 Å². The highest BCUT2D eigenvalue weighted by Gasteiger charge is 2.21. The van der Waals surface area contributed by atoms with Gasteiger partial charge >= 0.3 is 0 Å². The normalized spacial score (nSPS) is 12.0. The Morgan fingerprint density at radius 1 is 1.08 bits per heavy atom. The molecular weight excluding hydrogens is 498 g/mol. The van der Waals surface area contributed by atoms with Crippen LogP contribution in [0, 0.1) is 10.1 Å². The molecule has 0 atom stereocenters. The number of H-pyrrole nitrogens is 1. The van der Waals surface area contributed by atoms with E-state index in [1.807, 2.05) is 6.07 Å². The largest absolute Gasteiger partial charge is 0.494 e. The van der Waals surface area contributed by atoms with E-state index in [2.05, 4.69) is 14.7 Å². The Bertz CT molecular complexity index is 1610. The highest BCUT2D eigenvalue weighted by molar-refractivity contribution is 7.89. The topological polar surface area (TPSA) is 158 Å². The van der Waals surface area contributed by atoms with Gasteiger partial charge in [0.2, 0.25) is 15.9 Å². The molecular formula is C25H23N5O6S. The number of hydrogen-bond donors (Lipinski definition) is 3. The van der Waals surface area contributed by atoms with Crippen LogP contribution in [0.4, 0.5) is 11.4 Å². The van der Waals surface area contributed by atoms with Crippen LogP contribution in [0.25, 0.3) is 10.9 Å². The molecule has 0 saturated heterocycles. The van der Waals surface area contributed by atoms with E-state index in [1.165, 1.54) is 61.5 Å². The van der Waals surface area contributed by atoms with E-state index in [0.717, 1.165) is 0 Å². The number of hydrogen-bond acceptors (Lipinski definition) is 7. The molecule has 4 rings (SSSR count). The van der Waals surface area contributed by atoms with Crippen LogP contribution in [0.15, 0.2) is 82.7 Å². The third kappa shape index (κ3) is 5.50. The van der Waals surface area contributed by atoms with E-state index < -0.39 is 20.9 Å². The predicted molar refractivity (Wildman–Crippen MR) is 139 cm³/mol.